The predicted molar refractivity (Wildman–Crippen MR) is 87.3 cm³/mol. The van der Waals surface area contributed by atoms with Crippen LogP contribution in [-0.4, -0.2) is 13.2 Å². The Labute approximate surface area is 128 Å². The highest BCUT2D eigenvalue weighted by Crippen LogP contribution is 2.36. The van der Waals surface area contributed by atoms with Crippen LogP contribution in [0.3, 0.4) is 0 Å². The Hall–Kier alpha value is -1.22. The molecule has 2 rings (SSSR count). The molecule has 0 aromatic heterocycles. The molecule has 3 unspecified atom stereocenters. The fourth-order valence-corrected chi connectivity index (χ4v) is 3.41. The van der Waals surface area contributed by atoms with Crippen molar-refractivity contribution in [2.75, 3.05) is 12.8 Å². The fourth-order valence-electron chi connectivity index (χ4n) is 3.41. The summed E-state index contributed by atoms with van der Waals surface area (Å²) in [6, 6.07) is 5.73. The molecule has 1 aliphatic rings. The van der Waals surface area contributed by atoms with E-state index in [0.29, 0.717) is 24.5 Å². The van der Waals surface area contributed by atoms with E-state index in [0.717, 1.165) is 29.3 Å². The zero-order chi connectivity index (χ0) is 15.4. The van der Waals surface area contributed by atoms with Gasteiger partial charge in [-0.25, -0.2) is 0 Å². The van der Waals surface area contributed by atoms with E-state index >= 15 is 0 Å². The molecule has 0 saturated heterocycles. The molecule has 1 aromatic carbocycles. The highest BCUT2D eigenvalue weighted by Gasteiger charge is 2.31. The maximum Gasteiger partial charge on any atom is 0.124 e. The van der Waals surface area contributed by atoms with Gasteiger partial charge in [0, 0.05) is 11.3 Å². The van der Waals surface area contributed by atoms with E-state index in [2.05, 4.69) is 20.8 Å². The zero-order valence-electron chi connectivity index (χ0n) is 13.8. The van der Waals surface area contributed by atoms with Crippen molar-refractivity contribution in [1.29, 1.82) is 0 Å². The van der Waals surface area contributed by atoms with Gasteiger partial charge in [-0.3, -0.25) is 0 Å². The molecule has 0 aliphatic heterocycles. The van der Waals surface area contributed by atoms with Crippen LogP contribution in [0.15, 0.2) is 18.2 Å². The van der Waals surface area contributed by atoms with Gasteiger partial charge in [0.05, 0.1) is 19.8 Å². The number of hydrogen-bond donors (Lipinski definition) is 1. The van der Waals surface area contributed by atoms with Gasteiger partial charge in [-0.15, -0.1) is 0 Å². The van der Waals surface area contributed by atoms with Crippen molar-refractivity contribution >= 4 is 5.69 Å². The second kappa shape index (κ2) is 7.17. The van der Waals surface area contributed by atoms with Crippen molar-refractivity contribution in [2.45, 2.75) is 52.7 Å². The molecule has 3 atom stereocenters. The van der Waals surface area contributed by atoms with Crippen LogP contribution >= 0.6 is 0 Å². The summed E-state index contributed by atoms with van der Waals surface area (Å²) in [5.41, 5.74) is 7.67. The summed E-state index contributed by atoms with van der Waals surface area (Å²) in [5.74, 6) is 2.94. The largest absolute Gasteiger partial charge is 0.496 e. The van der Waals surface area contributed by atoms with Crippen molar-refractivity contribution < 1.29 is 9.47 Å². The van der Waals surface area contributed by atoms with E-state index in [4.69, 9.17) is 15.2 Å². The van der Waals surface area contributed by atoms with Crippen molar-refractivity contribution in [2.24, 2.45) is 17.8 Å². The fraction of sp³-hybridized carbons (Fsp3) is 0.667. The standard InChI is InChI=1S/C18H29NO2/c1-12(2)16-7-5-13(3)9-18(16)21-11-14-10-15(19)6-8-17(14)20-4/h6,8,10,12-13,16,18H,5,7,9,11,19H2,1-4H3. The van der Waals surface area contributed by atoms with Crippen LogP contribution in [0.4, 0.5) is 5.69 Å². The number of ether oxygens (including phenoxy) is 2. The second-order valence-corrected chi connectivity index (χ2v) is 6.75. The van der Waals surface area contributed by atoms with E-state index in [1.807, 2.05) is 18.2 Å². The van der Waals surface area contributed by atoms with Gasteiger partial charge < -0.3 is 15.2 Å². The Bertz CT molecular complexity index is 459. The molecule has 1 aromatic rings. The molecular weight excluding hydrogens is 262 g/mol. The summed E-state index contributed by atoms with van der Waals surface area (Å²) in [7, 11) is 1.69. The Balaban J connectivity index is 2.04. The highest BCUT2D eigenvalue weighted by atomic mass is 16.5. The predicted octanol–water partition coefficient (Wildman–Crippen LogP) is 4.25. The molecule has 0 heterocycles. The average Bonchev–Trinajstić information content (AvgIpc) is 2.45. The smallest absolute Gasteiger partial charge is 0.124 e. The van der Waals surface area contributed by atoms with E-state index in [-0.39, 0.29) is 0 Å². The molecule has 3 heteroatoms. The SMILES string of the molecule is COc1ccc(N)cc1COC1CC(C)CCC1C(C)C. The van der Waals surface area contributed by atoms with Gasteiger partial charge in [0.1, 0.15) is 5.75 Å². The number of benzene rings is 1. The quantitative estimate of drug-likeness (QED) is 0.825. The first-order valence-corrected chi connectivity index (χ1v) is 8.05. The number of nitrogen functional groups attached to an aromatic ring is 1. The number of anilines is 1. The van der Waals surface area contributed by atoms with Gasteiger partial charge in [-0.1, -0.05) is 27.2 Å². The summed E-state index contributed by atoms with van der Waals surface area (Å²) < 4.78 is 11.7. The monoisotopic (exact) mass is 291 g/mol. The Morgan fingerprint density at radius 3 is 2.71 bits per heavy atom. The first kappa shape index (κ1) is 16.2. The number of hydrogen-bond acceptors (Lipinski definition) is 3. The van der Waals surface area contributed by atoms with Crippen LogP contribution in [0.1, 0.15) is 45.6 Å². The van der Waals surface area contributed by atoms with E-state index < -0.39 is 0 Å². The zero-order valence-corrected chi connectivity index (χ0v) is 13.8. The summed E-state index contributed by atoms with van der Waals surface area (Å²) in [5, 5.41) is 0. The minimum atomic E-state index is 0.347. The molecule has 0 amide bonds. The minimum absolute atomic E-state index is 0.347. The molecule has 1 aliphatic carbocycles. The summed E-state index contributed by atoms with van der Waals surface area (Å²) in [6.45, 7) is 7.51. The summed E-state index contributed by atoms with van der Waals surface area (Å²) in [6.07, 6.45) is 4.11. The van der Waals surface area contributed by atoms with Crippen LogP contribution in [0, 0.1) is 17.8 Å². The van der Waals surface area contributed by atoms with Crippen LogP contribution in [0.5, 0.6) is 5.75 Å². The normalized spacial score (nSPS) is 26.0. The molecule has 0 radical (unpaired) electrons. The average molecular weight is 291 g/mol. The van der Waals surface area contributed by atoms with Crippen molar-refractivity contribution in [3.8, 4) is 5.75 Å². The summed E-state index contributed by atoms with van der Waals surface area (Å²) in [4.78, 5) is 0. The third kappa shape index (κ3) is 4.13. The van der Waals surface area contributed by atoms with E-state index in [1.165, 1.54) is 12.8 Å². The maximum absolute atomic E-state index is 6.28. The van der Waals surface area contributed by atoms with Gasteiger partial charge in [0.25, 0.3) is 0 Å². The third-order valence-electron chi connectivity index (χ3n) is 4.72. The molecule has 0 bridgehead atoms. The first-order valence-electron chi connectivity index (χ1n) is 8.05. The number of nitrogens with two attached hydrogens (primary N) is 1. The van der Waals surface area contributed by atoms with Crippen LogP contribution in [-0.2, 0) is 11.3 Å². The lowest BCUT2D eigenvalue weighted by Gasteiger charge is -2.37. The van der Waals surface area contributed by atoms with Gasteiger partial charge in [-0.2, -0.15) is 0 Å². The number of methoxy groups -OCH3 is 1. The van der Waals surface area contributed by atoms with Crippen LogP contribution in [0.25, 0.3) is 0 Å². The molecule has 1 saturated carbocycles. The van der Waals surface area contributed by atoms with Crippen LogP contribution < -0.4 is 10.5 Å². The molecule has 1 fully saturated rings. The van der Waals surface area contributed by atoms with Gasteiger partial charge in [0.2, 0.25) is 0 Å². The van der Waals surface area contributed by atoms with Gasteiger partial charge in [0.15, 0.2) is 0 Å². The topological polar surface area (TPSA) is 44.5 Å². The number of rotatable bonds is 5. The van der Waals surface area contributed by atoms with Crippen LogP contribution in [0.2, 0.25) is 0 Å². The Morgan fingerprint density at radius 2 is 2.05 bits per heavy atom. The van der Waals surface area contributed by atoms with Crippen molar-refractivity contribution in [3.63, 3.8) is 0 Å². The van der Waals surface area contributed by atoms with Crippen molar-refractivity contribution in [1.82, 2.24) is 0 Å². The highest BCUT2D eigenvalue weighted by molar-refractivity contribution is 5.47. The first-order chi connectivity index (χ1) is 10.0. The molecule has 21 heavy (non-hydrogen) atoms. The third-order valence-corrected chi connectivity index (χ3v) is 4.72. The Kier molecular flexibility index (Phi) is 5.51. The summed E-state index contributed by atoms with van der Waals surface area (Å²) >= 11 is 0. The van der Waals surface area contributed by atoms with Gasteiger partial charge in [-0.05, 0) is 48.8 Å². The lowest BCUT2D eigenvalue weighted by molar-refractivity contribution is -0.0476. The molecule has 3 nitrogen and oxygen atoms in total. The maximum atomic E-state index is 6.28. The molecule has 0 spiro atoms. The van der Waals surface area contributed by atoms with Gasteiger partial charge >= 0.3 is 0 Å². The second-order valence-electron chi connectivity index (χ2n) is 6.75. The lowest BCUT2D eigenvalue weighted by Crippen LogP contribution is -2.34. The molecular formula is C18H29NO2. The van der Waals surface area contributed by atoms with E-state index in [1.54, 1.807) is 7.11 Å². The van der Waals surface area contributed by atoms with E-state index in [9.17, 15) is 0 Å². The molecule has 2 N–H and O–H groups in total. The lowest BCUT2D eigenvalue weighted by atomic mass is 9.75. The minimum Gasteiger partial charge on any atom is -0.496 e. The molecule has 118 valence electrons. The Morgan fingerprint density at radius 1 is 1.29 bits per heavy atom. The van der Waals surface area contributed by atoms with Crippen molar-refractivity contribution in [3.05, 3.63) is 23.8 Å².